The lowest BCUT2D eigenvalue weighted by atomic mass is 10.0. The Balaban J connectivity index is 1.67. The second-order valence-electron chi connectivity index (χ2n) is 7.38. The number of Topliss-reactive ketones (excluding diaryl/α,β-unsaturated/α-hetero) is 2. The minimum Gasteiger partial charge on any atom is -0.494 e. The van der Waals surface area contributed by atoms with Crippen molar-refractivity contribution >= 4 is 23.2 Å². The highest BCUT2D eigenvalue weighted by atomic mass is 35.5. The Morgan fingerprint density at radius 3 is 1.76 bits per heavy atom. The number of ether oxygens (including phenoxy) is 1. The highest BCUT2D eigenvalue weighted by Gasteiger charge is 2.13. The van der Waals surface area contributed by atoms with E-state index in [0.29, 0.717) is 22.8 Å². The summed E-state index contributed by atoms with van der Waals surface area (Å²) in [5.41, 5.74) is 1.01. The average molecular weight is 415 g/mol. The molecule has 0 aliphatic heterocycles. The van der Waals surface area contributed by atoms with Crippen LogP contribution < -0.4 is 4.74 Å². The summed E-state index contributed by atoms with van der Waals surface area (Å²) < 4.78 is 5.76. The van der Waals surface area contributed by atoms with Crippen molar-refractivity contribution in [3.8, 4) is 5.75 Å². The molecule has 0 N–H and O–H groups in total. The van der Waals surface area contributed by atoms with Crippen LogP contribution in [0.2, 0.25) is 5.02 Å². The van der Waals surface area contributed by atoms with Gasteiger partial charge in [-0.1, -0.05) is 63.5 Å². The lowest BCUT2D eigenvalue weighted by Crippen LogP contribution is -2.08. The number of carbonyl (C=O) groups excluding carboxylic acids is 2. The molecule has 4 heteroatoms. The maximum Gasteiger partial charge on any atom is 0.170 e. The molecule has 3 nitrogen and oxygen atoms in total. The van der Waals surface area contributed by atoms with Crippen LogP contribution in [-0.4, -0.2) is 18.2 Å². The Bertz CT molecular complexity index is 751. The van der Waals surface area contributed by atoms with Gasteiger partial charge >= 0.3 is 0 Å². The van der Waals surface area contributed by atoms with E-state index in [1.807, 2.05) is 0 Å². The largest absolute Gasteiger partial charge is 0.494 e. The molecule has 2 rings (SSSR count). The fraction of sp³-hybridized carbons (Fsp3) is 0.440. The molecule has 0 atom stereocenters. The topological polar surface area (TPSA) is 43.4 Å². The van der Waals surface area contributed by atoms with Crippen LogP contribution in [-0.2, 0) is 0 Å². The molecule has 0 radical (unpaired) electrons. The zero-order valence-corrected chi connectivity index (χ0v) is 18.0. The lowest BCUT2D eigenvalue weighted by Gasteiger charge is -2.07. The third-order valence-electron chi connectivity index (χ3n) is 4.93. The molecule has 156 valence electrons. The zero-order chi connectivity index (χ0) is 20.9. The van der Waals surface area contributed by atoms with Gasteiger partial charge in [0.25, 0.3) is 0 Å². The Hall–Kier alpha value is -2.13. The Morgan fingerprint density at radius 1 is 0.724 bits per heavy atom. The Morgan fingerprint density at radius 2 is 1.21 bits per heavy atom. The van der Waals surface area contributed by atoms with Crippen molar-refractivity contribution in [1.29, 1.82) is 0 Å². The summed E-state index contributed by atoms with van der Waals surface area (Å²) in [5, 5.41) is 0.565. The van der Waals surface area contributed by atoms with Gasteiger partial charge in [0.15, 0.2) is 11.6 Å². The molecule has 29 heavy (non-hydrogen) atoms. The van der Waals surface area contributed by atoms with Gasteiger partial charge in [-0.15, -0.1) is 0 Å². The summed E-state index contributed by atoms with van der Waals surface area (Å²) in [4.78, 5) is 24.6. The van der Waals surface area contributed by atoms with E-state index in [2.05, 4.69) is 6.92 Å². The number of halogens is 1. The number of hydrogen-bond donors (Lipinski definition) is 0. The number of carbonyl (C=O) groups is 2. The predicted molar refractivity (Wildman–Crippen MR) is 119 cm³/mol. The third-order valence-corrected chi connectivity index (χ3v) is 5.18. The molecule has 0 fully saturated rings. The van der Waals surface area contributed by atoms with Crippen molar-refractivity contribution in [3.05, 3.63) is 64.7 Å². The first kappa shape index (κ1) is 23.2. The van der Waals surface area contributed by atoms with E-state index in [9.17, 15) is 9.59 Å². The molecule has 0 aromatic heterocycles. The van der Waals surface area contributed by atoms with Crippen LogP contribution in [0.3, 0.4) is 0 Å². The normalized spacial score (nSPS) is 10.7. The van der Waals surface area contributed by atoms with Crippen molar-refractivity contribution in [2.24, 2.45) is 0 Å². The number of ketones is 2. The molecule has 0 amide bonds. The maximum atomic E-state index is 12.3. The lowest BCUT2D eigenvalue weighted by molar-refractivity contribution is 0.0894. The van der Waals surface area contributed by atoms with Gasteiger partial charge < -0.3 is 4.74 Å². The van der Waals surface area contributed by atoms with E-state index in [4.69, 9.17) is 16.3 Å². The quantitative estimate of drug-likeness (QED) is 0.185. The second kappa shape index (κ2) is 13.2. The fourth-order valence-electron chi connectivity index (χ4n) is 3.15. The predicted octanol–water partition coefficient (Wildman–Crippen LogP) is 7.32. The van der Waals surface area contributed by atoms with E-state index in [1.165, 1.54) is 44.9 Å². The highest BCUT2D eigenvalue weighted by molar-refractivity contribution is 6.30. The van der Waals surface area contributed by atoms with Gasteiger partial charge in [-0.25, -0.2) is 0 Å². The van der Waals surface area contributed by atoms with Gasteiger partial charge in [0.2, 0.25) is 0 Å². The minimum absolute atomic E-state index is 0.153. The summed E-state index contributed by atoms with van der Waals surface area (Å²) in [6.07, 6.45) is 9.98. The minimum atomic E-state index is -0.207. The Kier molecular flexibility index (Phi) is 10.5. The van der Waals surface area contributed by atoms with Gasteiger partial charge in [-0.05, 0) is 55.0 Å². The van der Waals surface area contributed by atoms with Crippen molar-refractivity contribution < 1.29 is 14.3 Å². The van der Waals surface area contributed by atoms with Crippen molar-refractivity contribution in [2.75, 3.05) is 6.61 Å². The summed E-state index contributed by atoms with van der Waals surface area (Å²) in [6.45, 7) is 2.93. The summed E-state index contributed by atoms with van der Waals surface area (Å²) >= 11 is 5.83. The van der Waals surface area contributed by atoms with Gasteiger partial charge in [0.05, 0.1) is 13.0 Å². The van der Waals surface area contributed by atoms with Crippen LogP contribution in [0.5, 0.6) is 5.75 Å². The number of benzene rings is 2. The molecule has 0 saturated heterocycles. The first-order valence-corrected chi connectivity index (χ1v) is 11.0. The van der Waals surface area contributed by atoms with Crippen LogP contribution >= 0.6 is 11.6 Å². The van der Waals surface area contributed by atoms with Gasteiger partial charge in [0, 0.05) is 16.1 Å². The third kappa shape index (κ3) is 8.82. The monoisotopic (exact) mass is 414 g/mol. The number of rotatable bonds is 14. The average Bonchev–Trinajstić information content (AvgIpc) is 2.73. The summed E-state index contributed by atoms with van der Waals surface area (Å²) in [7, 11) is 0. The van der Waals surface area contributed by atoms with E-state index in [0.717, 1.165) is 12.2 Å². The molecule has 0 unspecified atom stereocenters. The van der Waals surface area contributed by atoms with Crippen molar-refractivity contribution in [3.63, 3.8) is 0 Å². The number of unbranched alkanes of at least 4 members (excludes halogenated alkanes) is 7. The highest BCUT2D eigenvalue weighted by Crippen LogP contribution is 2.17. The maximum absolute atomic E-state index is 12.3. The smallest absolute Gasteiger partial charge is 0.170 e. The Labute approximate surface area is 179 Å². The van der Waals surface area contributed by atoms with Crippen molar-refractivity contribution in [2.45, 2.75) is 64.7 Å². The second-order valence-corrected chi connectivity index (χ2v) is 7.81. The SMILES string of the molecule is CCCCCCCCCCOc1ccc(C(=O)CC(=O)c2ccc(Cl)cc2)cc1. The molecule has 0 aliphatic carbocycles. The summed E-state index contributed by atoms with van der Waals surface area (Å²) in [6, 6.07) is 13.6. The zero-order valence-electron chi connectivity index (χ0n) is 17.3. The van der Waals surface area contributed by atoms with Crippen molar-refractivity contribution in [1.82, 2.24) is 0 Å². The van der Waals surface area contributed by atoms with E-state index < -0.39 is 0 Å². The molecular formula is C25H31ClO3. The molecule has 0 bridgehead atoms. The molecular weight excluding hydrogens is 384 g/mol. The summed E-state index contributed by atoms with van der Waals surface area (Å²) in [5.74, 6) is 0.356. The first-order chi connectivity index (χ1) is 14.1. The molecule has 0 aliphatic rings. The van der Waals surface area contributed by atoms with Crippen LogP contribution in [0.4, 0.5) is 0 Å². The molecule has 2 aromatic rings. The van der Waals surface area contributed by atoms with Crippen LogP contribution in [0.25, 0.3) is 0 Å². The number of hydrogen-bond acceptors (Lipinski definition) is 3. The van der Waals surface area contributed by atoms with Crippen LogP contribution in [0, 0.1) is 0 Å². The van der Waals surface area contributed by atoms with E-state index in [-0.39, 0.29) is 18.0 Å². The van der Waals surface area contributed by atoms with Gasteiger partial charge in [-0.3, -0.25) is 9.59 Å². The van der Waals surface area contributed by atoms with E-state index in [1.54, 1.807) is 48.5 Å². The molecule has 0 spiro atoms. The molecule has 2 aromatic carbocycles. The standard InChI is InChI=1S/C25H31ClO3/c1-2-3-4-5-6-7-8-9-18-29-23-16-12-21(13-17-23)25(28)19-24(27)20-10-14-22(26)15-11-20/h10-17H,2-9,18-19H2,1H3. The van der Waals surface area contributed by atoms with E-state index >= 15 is 0 Å². The first-order valence-electron chi connectivity index (χ1n) is 10.6. The van der Waals surface area contributed by atoms with Crippen LogP contribution in [0.15, 0.2) is 48.5 Å². The molecule has 0 heterocycles. The van der Waals surface area contributed by atoms with Crippen LogP contribution in [0.1, 0.15) is 85.4 Å². The van der Waals surface area contributed by atoms with Gasteiger partial charge in [-0.2, -0.15) is 0 Å². The fourth-order valence-corrected chi connectivity index (χ4v) is 3.27. The molecule has 0 saturated carbocycles. The van der Waals surface area contributed by atoms with Gasteiger partial charge in [0.1, 0.15) is 5.75 Å².